The zero-order valence-electron chi connectivity index (χ0n) is 14.7. The number of benzene rings is 2. The van der Waals surface area contributed by atoms with Gasteiger partial charge in [0.05, 0.1) is 20.2 Å². The van der Waals surface area contributed by atoms with Crippen LogP contribution in [0.4, 0.5) is 4.39 Å². The van der Waals surface area contributed by atoms with Gasteiger partial charge in [0.25, 0.3) is 0 Å². The number of carbonyl (C=O) groups excluding carboxylic acids is 1. The lowest BCUT2D eigenvalue weighted by Crippen LogP contribution is -2.36. The van der Waals surface area contributed by atoms with Gasteiger partial charge in [-0.05, 0) is 74.1 Å². The van der Waals surface area contributed by atoms with Gasteiger partial charge < -0.3 is 0 Å². The largest absolute Gasteiger partial charge is 0.294 e. The average Bonchev–Trinajstić information content (AvgIpc) is 2.54. The molecule has 1 aliphatic carbocycles. The second-order valence-corrected chi connectivity index (χ2v) is 10.1. The molecule has 1 saturated carbocycles. The molecule has 27 heavy (non-hydrogen) atoms. The predicted octanol–water partition coefficient (Wildman–Crippen LogP) is 5.66. The third-order valence-corrected chi connectivity index (χ3v) is 7.89. The molecule has 0 N–H and O–H groups in total. The molecule has 3 nitrogen and oxygen atoms in total. The van der Waals surface area contributed by atoms with Crippen LogP contribution in [-0.2, 0) is 9.84 Å². The number of carbonyl (C=O) groups is 1. The fourth-order valence-corrected chi connectivity index (χ4v) is 5.73. The van der Waals surface area contributed by atoms with E-state index in [1.165, 1.54) is 12.1 Å². The van der Waals surface area contributed by atoms with Gasteiger partial charge in [-0.1, -0.05) is 23.2 Å². The highest BCUT2D eigenvalue weighted by molar-refractivity contribution is 7.92. The van der Waals surface area contributed by atoms with Gasteiger partial charge in [-0.3, -0.25) is 4.79 Å². The highest BCUT2D eigenvalue weighted by Crippen LogP contribution is 2.39. The second-order valence-electron chi connectivity index (χ2n) is 7.06. The van der Waals surface area contributed by atoms with Crippen molar-refractivity contribution in [3.8, 4) is 0 Å². The monoisotopic (exact) mass is 428 g/mol. The van der Waals surface area contributed by atoms with Crippen molar-refractivity contribution in [3.63, 3.8) is 0 Å². The predicted molar refractivity (Wildman–Crippen MR) is 105 cm³/mol. The van der Waals surface area contributed by atoms with E-state index >= 15 is 0 Å². The van der Waals surface area contributed by atoms with E-state index in [0.717, 1.165) is 6.07 Å². The zero-order chi connectivity index (χ0) is 19.8. The molecule has 0 unspecified atom stereocenters. The van der Waals surface area contributed by atoms with Crippen LogP contribution in [0.5, 0.6) is 0 Å². The number of Topliss-reactive ketones (excluding diaryl/α,β-unsaturated/α-hetero) is 1. The first kappa shape index (κ1) is 20.3. The first-order chi connectivity index (χ1) is 12.7. The fourth-order valence-electron chi connectivity index (χ4n) is 3.37. The summed E-state index contributed by atoms with van der Waals surface area (Å²) in [6.07, 6.45) is 1.93. The summed E-state index contributed by atoms with van der Waals surface area (Å²) in [5, 5.41) is 0.222. The van der Waals surface area contributed by atoms with E-state index in [4.69, 9.17) is 23.2 Å². The van der Waals surface area contributed by atoms with Crippen molar-refractivity contribution < 1.29 is 17.6 Å². The number of ketones is 1. The normalized spacial score (nSPS) is 19.6. The van der Waals surface area contributed by atoms with Crippen molar-refractivity contribution in [2.45, 2.75) is 42.8 Å². The molecule has 0 amide bonds. The molecule has 0 heterocycles. The van der Waals surface area contributed by atoms with Crippen LogP contribution in [0, 0.1) is 18.7 Å². The fraction of sp³-hybridized carbons (Fsp3) is 0.350. The van der Waals surface area contributed by atoms with Gasteiger partial charge in [0.15, 0.2) is 15.6 Å². The summed E-state index contributed by atoms with van der Waals surface area (Å²) >= 11 is 11.8. The van der Waals surface area contributed by atoms with Gasteiger partial charge in [0, 0.05) is 12.0 Å². The first-order valence-electron chi connectivity index (χ1n) is 8.66. The Hall–Kier alpha value is -1.43. The molecular formula is C20H19Cl2FO3S. The van der Waals surface area contributed by atoms with Crippen molar-refractivity contribution in [1.29, 1.82) is 0 Å². The zero-order valence-corrected chi connectivity index (χ0v) is 17.0. The molecule has 1 aliphatic rings. The van der Waals surface area contributed by atoms with E-state index in [1.54, 1.807) is 25.1 Å². The average molecular weight is 429 g/mol. The molecule has 2 aromatic carbocycles. The maximum atomic E-state index is 13.5. The van der Waals surface area contributed by atoms with Gasteiger partial charge in [-0.25, -0.2) is 12.8 Å². The topological polar surface area (TPSA) is 51.2 Å². The highest BCUT2D eigenvalue weighted by atomic mass is 35.5. The molecule has 3 rings (SSSR count). The quantitative estimate of drug-likeness (QED) is 0.557. The Labute approximate surface area is 168 Å². The minimum absolute atomic E-state index is 0.0373. The van der Waals surface area contributed by atoms with E-state index in [1.807, 2.05) is 0 Å². The maximum Gasteiger partial charge on any atom is 0.181 e. The Kier molecular flexibility index (Phi) is 5.94. The molecular weight excluding hydrogens is 410 g/mol. The van der Waals surface area contributed by atoms with Crippen LogP contribution >= 0.6 is 23.2 Å². The lowest BCUT2D eigenvalue weighted by Gasteiger charge is -2.34. The van der Waals surface area contributed by atoms with E-state index in [0.29, 0.717) is 46.9 Å². The van der Waals surface area contributed by atoms with Gasteiger partial charge in [0.1, 0.15) is 5.82 Å². The highest BCUT2D eigenvalue weighted by Gasteiger charge is 2.39. The van der Waals surface area contributed by atoms with Crippen LogP contribution in [-0.4, -0.2) is 19.5 Å². The number of hydrogen-bond donors (Lipinski definition) is 0. The molecule has 144 valence electrons. The minimum atomic E-state index is -3.54. The van der Waals surface area contributed by atoms with Gasteiger partial charge in [-0.2, -0.15) is 0 Å². The van der Waals surface area contributed by atoms with Crippen LogP contribution in [0.3, 0.4) is 0 Å². The molecule has 7 heteroatoms. The lowest BCUT2D eigenvalue weighted by molar-refractivity contribution is 0.0966. The second kappa shape index (κ2) is 7.90. The SMILES string of the molecule is Cc1cc(F)cc(S(=O)(=O)C2CC(CCC(=O)c3ccc(Cl)c(Cl)c3)C2)c1. The van der Waals surface area contributed by atoms with E-state index in [9.17, 15) is 17.6 Å². The molecule has 0 spiro atoms. The maximum absolute atomic E-state index is 13.5. The van der Waals surface area contributed by atoms with E-state index in [-0.39, 0.29) is 16.6 Å². The van der Waals surface area contributed by atoms with Crippen LogP contribution in [0.2, 0.25) is 10.0 Å². The van der Waals surface area contributed by atoms with Crippen LogP contribution in [0.1, 0.15) is 41.6 Å². The molecule has 0 aromatic heterocycles. The summed E-state index contributed by atoms with van der Waals surface area (Å²) in [6, 6.07) is 8.65. The molecule has 2 aromatic rings. The van der Waals surface area contributed by atoms with Crippen molar-refractivity contribution in [1.82, 2.24) is 0 Å². The molecule has 0 aliphatic heterocycles. The number of hydrogen-bond acceptors (Lipinski definition) is 3. The van der Waals surface area contributed by atoms with E-state index in [2.05, 4.69) is 0 Å². The Morgan fingerprint density at radius 2 is 1.81 bits per heavy atom. The summed E-state index contributed by atoms with van der Waals surface area (Å²) < 4.78 is 38.8. The van der Waals surface area contributed by atoms with Crippen molar-refractivity contribution >= 4 is 38.8 Å². The van der Waals surface area contributed by atoms with Gasteiger partial charge in [-0.15, -0.1) is 0 Å². The summed E-state index contributed by atoms with van der Waals surface area (Å²) in [5.74, 6) is -0.413. The number of sulfone groups is 1. The standard InChI is InChI=1S/C20H19Cl2FO3S/c1-12-6-15(23)11-16(7-12)27(25,26)17-8-13(9-17)2-5-20(24)14-3-4-18(21)19(22)10-14/h3-4,6-7,10-11,13,17H,2,5,8-9H2,1H3. The molecule has 0 radical (unpaired) electrons. The van der Waals surface area contributed by atoms with Gasteiger partial charge >= 0.3 is 0 Å². The summed E-state index contributed by atoms with van der Waals surface area (Å²) in [5.41, 5.74) is 1.08. The van der Waals surface area contributed by atoms with Crippen molar-refractivity contribution in [2.24, 2.45) is 5.92 Å². The lowest BCUT2D eigenvalue weighted by atomic mass is 9.80. The van der Waals surface area contributed by atoms with Crippen LogP contribution < -0.4 is 0 Å². The summed E-state index contributed by atoms with van der Waals surface area (Å²) in [7, 11) is -3.54. The molecule has 0 atom stereocenters. The smallest absolute Gasteiger partial charge is 0.181 e. The molecule has 0 bridgehead atoms. The number of halogens is 3. The van der Waals surface area contributed by atoms with Crippen molar-refractivity contribution in [3.05, 3.63) is 63.4 Å². The Balaban J connectivity index is 1.56. The Bertz CT molecular complexity index is 962. The van der Waals surface area contributed by atoms with Crippen LogP contribution in [0.25, 0.3) is 0 Å². The number of rotatable bonds is 6. The molecule has 1 fully saturated rings. The first-order valence-corrected chi connectivity index (χ1v) is 11.0. The third kappa shape index (κ3) is 4.53. The third-order valence-electron chi connectivity index (χ3n) is 5.00. The van der Waals surface area contributed by atoms with Crippen molar-refractivity contribution in [2.75, 3.05) is 0 Å². The Morgan fingerprint density at radius 1 is 1.11 bits per heavy atom. The summed E-state index contributed by atoms with van der Waals surface area (Å²) in [4.78, 5) is 12.3. The van der Waals surface area contributed by atoms with Crippen LogP contribution in [0.15, 0.2) is 41.3 Å². The number of aryl methyl sites for hydroxylation is 1. The molecule has 0 saturated heterocycles. The summed E-state index contributed by atoms with van der Waals surface area (Å²) in [6.45, 7) is 1.67. The van der Waals surface area contributed by atoms with Gasteiger partial charge in [0.2, 0.25) is 0 Å². The minimum Gasteiger partial charge on any atom is -0.294 e. The van der Waals surface area contributed by atoms with E-state index < -0.39 is 20.9 Å². The Morgan fingerprint density at radius 3 is 2.44 bits per heavy atom.